The molecule has 0 fully saturated rings. The lowest BCUT2D eigenvalue weighted by Gasteiger charge is -2.31. The van der Waals surface area contributed by atoms with Crippen molar-refractivity contribution in [1.82, 2.24) is 30.1 Å². The van der Waals surface area contributed by atoms with Crippen molar-refractivity contribution in [3.8, 4) is 17.5 Å². The Morgan fingerprint density at radius 2 is 1.88 bits per heavy atom. The highest BCUT2D eigenvalue weighted by Gasteiger charge is 2.33. The van der Waals surface area contributed by atoms with Crippen LogP contribution >= 0.6 is 0 Å². The molecule has 4 rings (SSSR count). The number of amides is 1. The number of likely N-dealkylation sites (N-methyl/N-ethyl adjacent to an activating group) is 1. The Kier molecular flexibility index (Phi) is 9.68. The first-order valence-corrected chi connectivity index (χ1v) is 14.6. The number of nitrogens with one attached hydrogen (secondary N) is 3. The number of H-pyrrole nitrogens is 1. The van der Waals surface area contributed by atoms with Crippen LogP contribution in [0.1, 0.15) is 49.9 Å². The summed E-state index contributed by atoms with van der Waals surface area (Å²) < 4.78 is 1.96. The van der Waals surface area contributed by atoms with Gasteiger partial charge in [-0.05, 0) is 88.9 Å². The smallest absolute Gasteiger partial charge is 0.232 e. The third-order valence-electron chi connectivity index (χ3n) is 7.75. The van der Waals surface area contributed by atoms with Crippen molar-refractivity contribution in [2.45, 2.75) is 59.9 Å². The van der Waals surface area contributed by atoms with Gasteiger partial charge < -0.3 is 19.8 Å². The minimum atomic E-state index is -0.671. The number of carbonyl (C=O) groups excluding carboxylic acids is 1. The Morgan fingerprint density at radius 3 is 2.52 bits per heavy atom. The fourth-order valence-corrected chi connectivity index (χ4v) is 5.49. The quantitative estimate of drug-likeness (QED) is 0.102. The molecular weight excluding hydrogens is 524 g/mol. The van der Waals surface area contributed by atoms with Gasteiger partial charge in [-0.2, -0.15) is 5.26 Å². The zero-order valence-electron chi connectivity index (χ0n) is 25.6. The molecule has 3 N–H and O–H groups in total. The minimum Gasteiger partial charge on any atom is -0.354 e. The number of rotatable bonds is 11. The molecule has 0 unspecified atom stereocenters. The molecular formula is C33H42N8O. The van der Waals surface area contributed by atoms with Crippen molar-refractivity contribution < 1.29 is 4.79 Å². The first kappa shape index (κ1) is 30.4. The molecule has 0 atom stereocenters. The molecule has 2 heterocycles. The highest BCUT2D eigenvalue weighted by Crippen LogP contribution is 2.35. The van der Waals surface area contributed by atoms with E-state index in [1.165, 1.54) is 11.1 Å². The monoisotopic (exact) mass is 566 g/mol. The lowest BCUT2D eigenvalue weighted by atomic mass is 9.82. The van der Waals surface area contributed by atoms with Gasteiger partial charge in [0, 0.05) is 61.7 Å². The summed E-state index contributed by atoms with van der Waals surface area (Å²) in [6.07, 6.45) is 8.02. The van der Waals surface area contributed by atoms with Crippen LogP contribution in [-0.2, 0) is 23.2 Å². The van der Waals surface area contributed by atoms with E-state index >= 15 is 0 Å². The van der Waals surface area contributed by atoms with Crippen LogP contribution in [0, 0.1) is 25.3 Å². The van der Waals surface area contributed by atoms with E-state index in [0.29, 0.717) is 45.1 Å². The molecule has 0 spiro atoms. The number of nitrogens with zero attached hydrogens (tertiary/aromatic N) is 5. The van der Waals surface area contributed by atoms with Crippen LogP contribution in [-0.4, -0.2) is 57.5 Å². The zero-order chi connectivity index (χ0) is 30.3. The molecule has 2 aromatic carbocycles. The maximum absolute atomic E-state index is 13.5. The first-order chi connectivity index (χ1) is 20.2. The number of hydrogen-bond donors (Lipinski definition) is 3. The fraction of sp³-hybridized carbons (Fsp3) is 0.394. The van der Waals surface area contributed by atoms with Gasteiger partial charge >= 0.3 is 0 Å². The summed E-state index contributed by atoms with van der Waals surface area (Å²) >= 11 is 0. The number of hydrogen-bond acceptors (Lipinski definition) is 4. The van der Waals surface area contributed by atoms with Crippen molar-refractivity contribution in [3.05, 3.63) is 77.4 Å². The van der Waals surface area contributed by atoms with Crippen LogP contribution in [0.2, 0.25) is 0 Å². The van der Waals surface area contributed by atoms with Gasteiger partial charge in [0.15, 0.2) is 6.19 Å². The van der Waals surface area contributed by atoms with E-state index in [4.69, 9.17) is 4.99 Å². The molecule has 0 aliphatic heterocycles. The van der Waals surface area contributed by atoms with Crippen LogP contribution < -0.4 is 10.6 Å². The summed E-state index contributed by atoms with van der Waals surface area (Å²) in [7, 11) is 0. The molecule has 0 saturated heterocycles. The van der Waals surface area contributed by atoms with Crippen LogP contribution in [0.5, 0.6) is 0 Å². The number of aromatic nitrogens is 3. The molecule has 42 heavy (non-hydrogen) atoms. The molecule has 1 amide bonds. The zero-order valence-corrected chi connectivity index (χ0v) is 25.6. The molecule has 220 valence electrons. The molecule has 9 nitrogen and oxygen atoms in total. The van der Waals surface area contributed by atoms with Crippen LogP contribution in [0.15, 0.2) is 60.1 Å². The van der Waals surface area contributed by atoms with Gasteiger partial charge in [-0.1, -0.05) is 23.3 Å². The summed E-state index contributed by atoms with van der Waals surface area (Å²) in [6.45, 7) is 15.4. The number of benzene rings is 2. The van der Waals surface area contributed by atoms with E-state index < -0.39 is 5.41 Å². The van der Waals surface area contributed by atoms with Crippen LogP contribution in [0.25, 0.3) is 22.2 Å². The van der Waals surface area contributed by atoms with E-state index in [9.17, 15) is 10.1 Å². The highest BCUT2D eigenvalue weighted by atomic mass is 16.2. The van der Waals surface area contributed by atoms with Crippen LogP contribution in [0.3, 0.4) is 0 Å². The molecule has 9 heteroatoms. The first-order valence-electron chi connectivity index (χ1n) is 14.6. The van der Waals surface area contributed by atoms with Gasteiger partial charge in [-0.3, -0.25) is 15.1 Å². The van der Waals surface area contributed by atoms with E-state index in [2.05, 4.69) is 70.8 Å². The topological polar surface area (TPSA) is 114 Å². The number of aliphatic imine (C=N–C) groups is 1. The number of aryl methyl sites for hydroxylation is 2. The Bertz CT molecular complexity index is 1570. The Labute approximate surface area is 248 Å². The number of fused-ring (bicyclic) bond motifs is 1. The summed E-state index contributed by atoms with van der Waals surface area (Å²) in [4.78, 5) is 27.8. The average Bonchev–Trinajstić information content (AvgIpc) is 3.61. The average molecular weight is 567 g/mol. The van der Waals surface area contributed by atoms with Crippen molar-refractivity contribution in [2.24, 2.45) is 4.99 Å². The Morgan fingerprint density at radius 1 is 1.14 bits per heavy atom. The predicted octanol–water partition coefficient (Wildman–Crippen LogP) is 5.05. The molecule has 0 aliphatic carbocycles. The molecule has 4 aromatic rings. The summed E-state index contributed by atoms with van der Waals surface area (Å²) in [5, 5.41) is 16.3. The molecule has 0 bridgehead atoms. The van der Waals surface area contributed by atoms with Gasteiger partial charge in [-0.25, -0.2) is 4.98 Å². The Balaban J connectivity index is 1.69. The number of guanidine groups is 1. The SMILES string of the molecule is CCN(CC)C(=O)C(C)(C)c1ccc2[nH]c(-c3cc(C)cc(C)c3)c(CCN=C(NC#N)NCCn3ccnc3)c2c1. The van der Waals surface area contributed by atoms with E-state index in [-0.39, 0.29) is 5.91 Å². The third kappa shape index (κ3) is 6.82. The van der Waals surface area contributed by atoms with E-state index in [0.717, 1.165) is 33.3 Å². The second kappa shape index (κ2) is 13.4. The second-order valence-corrected chi connectivity index (χ2v) is 11.2. The van der Waals surface area contributed by atoms with Crippen molar-refractivity contribution in [2.75, 3.05) is 26.2 Å². The Hall–Kier alpha value is -4.58. The summed E-state index contributed by atoms with van der Waals surface area (Å²) in [6, 6.07) is 12.9. The van der Waals surface area contributed by atoms with Gasteiger partial charge in [0.25, 0.3) is 0 Å². The fourth-order valence-electron chi connectivity index (χ4n) is 5.49. The van der Waals surface area contributed by atoms with Gasteiger partial charge in [0.2, 0.25) is 11.9 Å². The lowest BCUT2D eigenvalue weighted by molar-refractivity contribution is -0.135. The molecule has 2 aromatic heterocycles. The van der Waals surface area contributed by atoms with Crippen molar-refractivity contribution in [3.63, 3.8) is 0 Å². The van der Waals surface area contributed by atoms with Crippen molar-refractivity contribution >= 4 is 22.8 Å². The van der Waals surface area contributed by atoms with E-state index in [1.807, 2.05) is 49.6 Å². The summed E-state index contributed by atoms with van der Waals surface area (Å²) in [5.74, 6) is 0.564. The highest BCUT2D eigenvalue weighted by molar-refractivity contribution is 5.94. The predicted molar refractivity (Wildman–Crippen MR) is 169 cm³/mol. The second-order valence-electron chi connectivity index (χ2n) is 11.2. The lowest BCUT2D eigenvalue weighted by Crippen LogP contribution is -2.43. The van der Waals surface area contributed by atoms with Crippen LogP contribution in [0.4, 0.5) is 0 Å². The largest absolute Gasteiger partial charge is 0.354 e. The van der Waals surface area contributed by atoms with Gasteiger partial charge in [-0.15, -0.1) is 0 Å². The normalized spacial score (nSPS) is 11.9. The van der Waals surface area contributed by atoms with E-state index in [1.54, 1.807) is 12.5 Å². The minimum absolute atomic E-state index is 0.122. The number of imidazole rings is 1. The standard InChI is InChI=1S/C33H42N8O/c1-7-41(8-2)31(42)33(5,6)26-9-10-29-28(20-26)27(30(39-29)25-18-23(3)17-24(4)19-25)11-12-36-32(38-21-34)37-14-16-40-15-13-35-22-40/h9-10,13,15,17-20,22,39H,7-8,11-12,14,16H2,1-6H3,(H2,36,37,38). The maximum atomic E-state index is 13.5. The third-order valence-corrected chi connectivity index (χ3v) is 7.75. The number of carbonyl (C=O) groups is 1. The van der Waals surface area contributed by atoms with Gasteiger partial charge in [0.1, 0.15) is 0 Å². The molecule has 0 aliphatic rings. The number of aromatic amines is 1. The molecule has 0 radical (unpaired) electrons. The van der Waals surface area contributed by atoms with Gasteiger partial charge in [0.05, 0.1) is 11.7 Å². The van der Waals surface area contributed by atoms with Crippen molar-refractivity contribution in [1.29, 1.82) is 5.26 Å². The molecule has 0 saturated carbocycles. The number of nitriles is 1. The summed E-state index contributed by atoms with van der Waals surface area (Å²) in [5.41, 5.74) is 7.04. The maximum Gasteiger partial charge on any atom is 0.232 e.